The highest BCUT2D eigenvalue weighted by molar-refractivity contribution is 6.11. The van der Waals surface area contributed by atoms with E-state index in [0.29, 0.717) is 26.4 Å². The Bertz CT molecular complexity index is 6530. The van der Waals surface area contributed by atoms with Crippen molar-refractivity contribution < 1.29 is 33.2 Å². The summed E-state index contributed by atoms with van der Waals surface area (Å²) < 4.78 is 49.2. The number of anilines is 8. The monoisotopic (exact) mass is 1770 g/mol. The normalized spacial score (nSPS) is 18.6. The van der Waals surface area contributed by atoms with Crippen molar-refractivity contribution in [1.82, 2.24) is 0 Å². The quantitative estimate of drug-likeness (QED) is 0.0824. The van der Waals surface area contributed by atoms with E-state index in [1.165, 1.54) is 142 Å². The van der Waals surface area contributed by atoms with Crippen LogP contribution in [0.3, 0.4) is 0 Å². The lowest BCUT2D eigenvalue weighted by Crippen LogP contribution is -2.40. The third kappa shape index (κ3) is 14.7. The zero-order valence-electron chi connectivity index (χ0n) is 77.4. The Hall–Kier alpha value is -13.8. The second kappa shape index (κ2) is 35.5. The Kier molecular flexibility index (Phi) is 22.1. The number of nitrogens with zero attached hydrogens (tertiary/aromatic N) is 4. The summed E-state index contributed by atoms with van der Waals surface area (Å²) in [6, 6.07) is 126. The van der Waals surface area contributed by atoms with Gasteiger partial charge in [0.25, 0.3) is 0 Å². The van der Waals surface area contributed by atoms with Gasteiger partial charge in [-0.1, -0.05) is 258 Å². The molecule has 4 heterocycles. The van der Waals surface area contributed by atoms with Crippen molar-refractivity contribution in [1.29, 1.82) is 0 Å². The van der Waals surface area contributed by atoms with Gasteiger partial charge in [-0.2, -0.15) is 0 Å². The molecular weight excluding hydrogens is 1660 g/mol. The van der Waals surface area contributed by atoms with Crippen LogP contribution in [0.1, 0.15) is 158 Å². The number of fused-ring (bicyclic) bond motifs is 20. The van der Waals surface area contributed by atoms with Crippen molar-refractivity contribution in [3.63, 3.8) is 0 Å². The lowest BCUT2D eigenvalue weighted by atomic mass is 9.66. The molecule has 2 atom stereocenters. The highest BCUT2D eigenvalue weighted by Gasteiger charge is 2.53. The van der Waals surface area contributed by atoms with Gasteiger partial charge in [0, 0.05) is 127 Å². The molecular formula is C124H114N4O7. The minimum absolute atomic E-state index is 0.179. The number of hydrogen-bond acceptors (Lipinski definition) is 11. The molecule has 0 bridgehead atoms. The van der Waals surface area contributed by atoms with Crippen LogP contribution in [0.5, 0.6) is 34.5 Å². The Balaban J connectivity index is 0.615. The molecule has 4 aliphatic carbocycles. The molecule has 2 saturated carbocycles. The van der Waals surface area contributed by atoms with Gasteiger partial charge in [0.05, 0.1) is 40.6 Å². The smallest absolute Gasteiger partial charge is 0.159 e. The maximum atomic E-state index is 8.42. The SMILES string of the molecule is COc1cc2c3c(c4c(c2cc1-c1ccc(N(c2ccccc2)c2ccccc2)cc1)-c1ccccc1C41CCCCCCC1)CCC(c1ccc(Oc2ccc(C4(c5ccc(N6CCOCC6)cc5)CCc5c6c(c7cc(-c8ccc(N(c9ccccc9)c9ccccc9)cc8)c(OC)cc7c5O4)-c4ccccc4C64CCCCCCC4)cc2)cc1)(c1ccc(N2CCOCC2)cc1)O3. The third-order valence-electron chi connectivity index (χ3n) is 31.4. The maximum Gasteiger partial charge on any atom is 0.159 e. The summed E-state index contributed by atoms with van der Waals surface area (Å²) in [6.45, 7) is 6.19. The van der Waals surface area contributed by atoms with Crippen molar-refractivity contribution >= 4 is 67.0 Å². The van der Waals surface area contributed by atoms with Gasteiger partial charge in [-0.15, -0.1) is 0 Å². The van der Waals surface area contributed by atoms with Crippen LogP contribution in [0.15, 0.2) is 340 Å². The van der Waals surface area contributed by atoms with E-state index in [4.69, 9.17) is 33.2 Å². The molecule has 0 amide bonds. The predicted molar refractivity (Wildman–Crippen MR) is 550 cm³/mol. The average Bonchev–Trinajstić information content (AvgIpc) is 1.55. The molecule has 16 aromatic carbocycles. The molecule has 2 unspecified atom stereocenters. The topological polar surface area (TPSA) is 77.6 Å². The molecule has 135 heavy (non-hydrogen) atoms. The summed E-state index contributed by atoms with van der Waals surface area (Å²) in [6.07, 6.45) is 19.6. The van der Waals surface area contributed by atoms with E-state index >= 15 is 0 Å². The number of methoxy groups -OCH3 is 2. The lowest BCUT2D eigenvalue weighted by molar-refractivity contribution is 0.0863. The van der Waals surface area contributed by atoms with E-state index in [9.17, 15) is 0 Å². The van der Waals surface area contributed by atoms with Crippen LogP contribution in [-0.4, -0.2) is 66.8 Å². The van der Waals surface area contributed by atoms with Gasteiger partial charge >= 0.3 is 0 Å². The number of benzene rings is 16. The van der Waals surface area contributed by atoms with Crippen molar-refractivity contribution in [2.75, 3.05) is 86.4 Å². The van der Waals surface area contributed by atoms with Gasteiger partial charge in [-0.05, 0) is 274 Å². The minimum atomic E-state index is -0.921. The Morgan fingerprint density at radius 3 is 0.941 bits per heavy atom. The predicted octanol–water partition coefficient (Wildman–Crippen LogP) is 30.3. The highest BCUT2D eigenvalue weighted by Crippen LogP contribution is 2.66. The molecule has 11 nitrogen and oxygen atoms in total. The fraction of sp³-hybridized carbons (Fsp3) is 0.258. The number of para-hydroxylation sites is 4. The molecule has 4 aliphatic heterocycles. The van der Waals surface area contributed by atoms with Gasteiger partial charge < -0.3 is 52.8 Å². The molecule has 2 saturated heterocycles. The van der Waals surface area contributed by atoms with E-state index in [2.05, 4.69) is 359 Å². The van der Waals surface area contributed by atoms with Crippen LogP contribution >= 0.6 is 0 Å². The first-order valence-electron chi connectivity index (χ1n) is 49.5. The zero-order valence-corrected chi connectivity index (χ0v) is 77.4. The standard InChI is InChI=1S/C124H114N4O7/c1-129-113-83-109-107(81-105(113)85-41-53-97(54-42-85)127(93-29-13-9-14-30-93)94-31-15-10-16-32-94)115-101-37-21-23-39-111(101)121(67-25-5-3-6-26-68-121)117(115)103-65-71-123(134-119(103)109,87-45-57-91(58-46-87)125-73-77-131-78-74-125)89-49-61-99(62-50-89)133-100-63-51-90(52-64-100)124(88-47-59-92(60-48-88)126-75-79-132-80-76-126)72-66-104-118-116(102-38-22-24-40-112(102)122(118)69-27-7-4-8-28-70-122)108-82-106(114(130-2)84-110(108)120(104)135-124)86-43-55-98(56-44-86)128(95-33-17-11-18-34-95)96-35-19-12-20-36-96/h9-24,29-64,81-84H,3-8,25-28,65-80H2,1-2H3. The van der Waals surface area contributed by atoms with E-state index in [1.54, 1.807) is 0 Å². The summed E-state index contributed by atoms with van der Waals surface area (Å²) in [7, 11) is 3.65. The van der Waals surface area contributed by atoms with Crippen LogP contribution in [0.2, 0.25) is 0 Å². The van der Waals surface area contributed by atoms with Crippen molar-refractivity contribution in [2.45, 2.75) is 138 Å². The second-order valence-corrected chi connectivity index (χ2v) is 38.5. The Morgan fingerprint density at radius 1 is 0.289 bits per heavy atom. The van der Waals surface area contributed by atoms with Crippen LogP contribution in [0, 0.1) is 0 Å². The van der Waals surface area contributed by atoms with Crippen LogP contribution in [0.25, 0.3) is 66.1 Å². The highest BCUT2D eigenvalue weighted by atomic mass is 16.5. The zero-order chi connectivity index (χ0) is 90.0. The molecule has 16 aromatic rings. The molecule has 8 aliphatic rings. The first kappa shape index (κ1) is 84.2. The molecule has 4 fully saturated rings. The molecule has 0 aromatic heterocycles. The number of morpholine rings is 2. The molecule has 24 rings (SSSR count). The first-order chi connectivity index (χ1) is 66.7. The summed E-state index contributed by atoms with van der Waals surface area (Å²) in [5.41, 5.74) is 29.3. The fourth-order valence-corrected chi connectivity index (χ4v) is 25.0. The van der Waals surface area contributed by atoms with E-state index in [1.807, 2.05) is 14.2 Å². The number of ether oxygens (including phenoxy) is 7. The van der Waals surface area contributed by atoms with E-state index in [-0.39, 0.29) is 10.8 Å². The van der Waals surface area contributed by atoms with Gasteiger partial charge in [0.1, 0.15) is 34.5 Å². The average molecular weight is 1770 g/mol. The first-order valence-corrected chi connectivity index (χ1v) is 49.5. The molecule has 2 spiro atoms. The van der Waals surface area contributed by atoms with Crippen LogP contribution < -0.4 is 43.3 Å². The number of rotatable bonds is 18. The Morgan fingerprint density at radius 2 is 0.600 bits per heavy atom. The van der Waals surface area contributed by atoms with Crippen molar-refractivity contribution in [2.24, 2.45) is 0 Å². The van der Waals surface area contributed by atoms with Gasteiger partial charge in [0.2, 0.25) is 0 Å². The lowest BCUT2D eigenvalue weighted by Gasteiger charge is -2.43. The van der Waals surface area contributed by atoms with E-state index in [0.717, 1.165) is 201 Å². The molecule has 11 heteroatoms. The van der Waals surface area contributed by atoms with Crippen LogP contribution in [0.4, 0.5) is 45.5 Å². The summed E-state index contributed by atoms with van der Waals surface area (Å²) in [5, 5.41) is 4.51. The van der Waals surface area contributed by atoms with Gasteiger partial charge in [0.15, 0.2) is 11.2 Å². The van der Waals surface area contributed by atoms with Gasteiger partial charge in [-0.3, -0.25) is 0 Å². The van der Waals surface area contributed by atoms with Gasteiger partial charge in [-0.25, -0.2) is 0 Å². The fourth-order valence-electron chi connectivity index (χ4n) is 25.0. The maximum absolute atomic E-state index is 8.42. The Labute approximate surface area is 793 Å². The summed E-state index contributed by atoms with van der Waals surface area (Å²) in [5.74, 6) is 4.96. The molecule has 0 radical (unpaired) electrons. The van der Waals surface area contributed by atoms with Crippen LogP contribution in [-0.2, 0) is 44.3 Å². The second-order valence-electron chi connectivity index (χ2n) is 38.5. The molecule has 672 valence electrons. The van der Waals surface area contributed by atoms with Crippen molar-refractivity contribution in [3.05, 3.63) is 395 Å². The summed E-state index contributed by atoms with van der Waals surface area (Å²) in [4.78, 5) is 9.55. The molecule has 0 N–H and O–H groups in total. The summed E-state index contributed by atoms with van der Waals surface area (Å²) >= 11 is 0. The number of hydrogen-bond donors (Lipinski definition) is 0. The minimum Gasteiger partial charge on any atom is -0.496 e. The van der Waals surface area contributed by atoms with Crippen molar-refractivity contribution in [3.8, 4) is 79.0 Å². The van der Waals surface area contributed by atoms with E-state index < -0.39 is 11.2 Å². The third-order valence-corrected chi connectivity index (χ3v) is 31.4. The largest absolute Gasteiger partial charge is 0.496 e.